The van der Waals surface area contributed by atoms with Crippen molar-refractivity contribution < 1.29 is 27.9 Å². The number of carbonyl (C=O) groups excluding carboxylic acids is 1. The first-order valence-electron chi connectivity index (χ1n) is 5.19. The summed E-state index contributed by atoms with van der Waals surface area (Å²) in [7, 11) is -4.29. The Morgan fingerprint density at radius 3 is 2.17 bits per heavy atom. The number of nitrogens with one attached hydrogen (secondary N) is 2. The Kier molecular flexibility index (Phi) is 5.55. The summed E-state index contributed by atoms with van der Waals surface area (Å²) < 4.78 is 30.8. The average molecular weight is 282 g/mol. The third-order valence-electron chi connectivity index (χ3n) is 1.88. The molecule has 8 nitrogen and oxygen atoms in total. The fourth-order valence-corrected chi connectivity index (χ4v) is 2.15. The molecule has 0 fully saturated rings. The van der Waals surface area contributed by atoms with Crippen LogP contribution in [0.5, 0.6) is 0 Å². The third-order valence-corrected chi connectivity index (χ3v) is 2.86. The highest BCUT2D eigenvalue weighted by Gasteiger charge is 2.35. The number of carboxylic acid groups (broad SMARTS) is 1. The quantitative estimate of drug-likeness (QED) is 0.655. The first-order valence-corrected chi connectivity index (χ1v) is 6.67. The highest BCUT2D eigenvalue weighted by atomic mass is 32.2. The molecule has 0 radical (unpaired) electrons. The second kappa shape index (κ2) is 6.01. The lowest BCUT2D eigenvalue weighted by Crippen LogP contribution is -2.53. The third kappa shape index (κ3) is 5.82. The van der Waals surface area contributed by atoms with E-state index in [1.54, 1.807) is 25.5 Å². The Labute approximate surface area is 106 Å². The van der Waals surface area contributed by atoms with Crippen LogP contribution in [-0.4, -0.2) is 38.2 Å². The van der Waals surface area contributed by atoms with Crippen molar-refractivity contribution in [1.29, 1.82) is 0 Å². The van der Waals surface area contributed by atoms with Crippen LogP contribution >= 0.6 is 0 Å². The van der Waals surface area contributed by atoms with Gasteiger partial charge in [0, 0.05) is 0 Å². The molecule has 3 N–H and O–H groups in total. The monoisotopic (exact) mass is 282 g/mol. The molecule has 0 saturated carbocycles. The van der Waals surface area contributed by atoms with Crippen molar-refractivity contribution in [1.82, 2.24) is 9.44 Å². The summed E-state index contributed by atoms with van der Waals surface area (Å²) in [6, 6.07) is -1.37. The zero-order chi connectivity index (χ0) is 14.6. The minimum absolute atomic E-state index is 0.00296. The summed E-state index contributed by atoms with van der Waals surface area (Å²) in [4.78, 5) is 21.9. The predicted octanol–water partition coefficient (Wildman–Crippen LogP) is 0.0662. The lowest BCUT2D eigenvalue weighted by molar-refractivity contribution is -0.141. The van der Waals surface area contributed by atoms with Crippen LogP contribution in [0.1, 0.15) is 27.7 Å². The Balaban J connectivity index is 4.84. The van der Waals surface area contributed by atoms with Gasteiger partial charge in [-0.3, -0.25) is 4.79 Å². The van der Waals surface area contributed by atoms with Gasteiger partial charge in [0.1, 0.15) is 6.04 Å². The van der Waals surface area contributed by atoms with Crippen molar-refractivity contribution >= 4 is 22.3 Å². The summed E-state index contributed by atoms with van der Waals surface area (Å²) in [6.07, 6.45) is -1.16. The second-order valence-corrected chi connectivity index (χ2v) is 6.03. The van der Waals surface area contributed by atoms with E-state index in [-0.39, 0.29) is 6.61 Å². The van der Waals surface area contributed by atoms with Gasteiger partial charge in [0.2, 0.25) is 0 Å². The van der Waals surface area contributed by atoms with Crippen molar-refractivity contribution in [3.8, 4) is 0 Å². The fourth-order valence-electron chi connectivity index (χ4n) is 1.05. The maximum Gasteiger partial charge on any atom is 0.421 e. The molecule has 1 atom stereocenters. The average Bonchev–Trinajstić information content (AvgIpc) is 2.11. The fraction of sp³-hybridized carbons (Fsp3) is 0.778. The molecule has 9 heteroatoms. The normalized spacial score (nSPS) is 13.8. The van der Waals surface area contributed by atoms with E-state index in [1.165, 1.54) is 6.92 Å². The first-order chi connectivity index (χ1) is 7.99. The summed E-state index contributed by atoms with van der Waals surface area (Å²) in [5.41, 5.74) is -0.852. The Morgan fingerprint density at radius 2 is 1.83 bits per heavy atom. The van der Waals surface area contributed by atoms with E-state index in [2.05, 4.69) is 4.74 Å². The van der Waals surface area contributed by atoms with Gasteiger partial charge in [-0.2, -0.15) is 13.1 Å². The molecule has 0 bridgehead atoms. The largest absolute Gasteiger partial charge is 0.480 e. The van der Waals surface area contributed by atoms with Crippen molar-refractivity contribution in [2.24, 2.45) is 5.41 Å². The van der Waals surface area contributed by atoms with Crippen LogP contribution in [0.25, 0.3) is 0 Å². The number of ether oxygens (including phenoxy) is 1. The predicted molar refractivity (Wildman–Crippen MR) is 63.1 cm³/mol. The Bertz CT molecular complexity index is 411. The molecule has 0 aromatic heterocycles. The van der Waals surface area contributed by atoms with Crippen LogP contribution in [-0.2, 0) is 19.7 Å². The standard InChI is InChI=1S/C9H18N2O6S/c1-5-17-8(14)11-18(15,16)10-6(7(12)13)9(2,3)4/h6,10H,5H2,1-4H3,(H,11,14)(H,12,13)/t6-/m1/s1. The van der Waals surface area contributed by atoms with Crippen LogP contribution in [0.4, 0.5) is 4.79 Å². The summed E-state index contributed by atoms with van der Waals surface area (Å²) in [6.45, 7) is 6.17. The van der Waals surface area contributed by atoms with E-state index < -0.39 is 33.7 Å². The molecule has 0 aromatic rings. The maximum atomic E-state index is 11.5. The number of aliphatic carboxylic acids is 1. The molecule has 0 saturated heterocycles. The van der Waals surface area contributed by atoms with Gasteiger partial charge in [-0.05, 0) is 12.3 Å². The molecule has 0 unspecified atom stereocenters. The molecule has 0 rings (SSSR count). The highest BCUT2D eigenvalue weighted by molar-refractivity contribution is 7.88. The Morgan fingerprint density at radius 1 is 1.33 bits per heavy atom. The molecular weight excluding hydrogens is 264 g/mol. The molecule has 0 aliphatic carbocycles. The van der Waals surface area contributed by atoms with Crippen molar-refractivity contribution in [2.45, 2.75) is 33.7 Å². The van der Waals surface area contributed by atoms with Gasteiger partial charge in [0.05, 0.1) is 6.61 Å². The zero-order valence-corrected chi connectivity index (χ0v) is 11.5. The molecule has 18 heavy (non-hydrogen) atoms. The lowest BCUT2D eigenvalue weighted by atomic mass is 9.88. The Hall–Kier alpha value is -1.35. The van der Waals surface area contributed by atoms with Crippen LogP contribution < -0.4 is 9.44 Å². The zero-order valence-electron chi connectivity index (χ0n) is 10.7. The maximum absolute atomic E-state index is 11.5. The van der Waals surface area contributed by atoms with Crippen LogP contribution in [0.3, 0.4) is 0 Å². The molecule has 0 aliphatic rings. The van der Waals surface area contributed by atoms with Crippen molar-refractivity contribution in [3.63, 3.8) is 0 Å². The number of rotatable bonds is 5. The minimum Gasteiger partial charge on any atom is -0.480 e. The van der Waals surface area contributed by atoms with Gasteiger partial charge in [-0.1, -0.05) is 20.8 Å². The summed E-state index contributed by atoms with van der Waals surface area (Å²) in [5.74, 6) is -1.34. The second-order valence-electron chi connectivity index (χ2n) is 4.58. The van der Waals surface area contributed by atoms with E-state index in [4.69, 9.17) is 5.11 Å². The first kappa shape index (κ1) is 16.6. The van der Waals surface area contributed by atoms with Crippen LogP contribution in [0.15, 0.2) is 0 Å². The van der Waals surface area contributed by atoms with E-state index in [0.29, 0.717) is 0 Å². The smallest absolute Gasteiger partial charge is 0.421 e. The number of carboxylic acids is 1. The number of hydrogen-bond donors (Lipinski definition) is 3. The molecule has 106 valence electrons. The van der Waals surface area contributed by atoms with Gasteiger partial charge in [-0.15, -0.1) is 0 Å². The number of hydrogen-bond acceptors (Lipinski definition) is 5. The van der Waals surface area contributed by atoms with E-state index in [9.17, 15) is 18.0 Å². The minimum atomic E-state index is -4.29. The van der Waals surface area contributed by atoms with Gasteiger partial charge >= 0.3 is 22.3 Å². The molecular formula is C9H18N2O6S. The highest BCUT2D eigenvalue weighted by Crippen LogP contribution is 2.19. The van der Waals surface area contributed by atoms with Crippen LogP contribution in [0.2, 0.25) is 0 Å². The van der Waals surface area contributed by atoms with E-state index >= 15 is 0 Å². The molecule has 0 spiro atoms. The van der Waals surface area contributed by atoms with Gasteiger partial charge in [0.15, 0.2) is 0 Å². The van der Waals surface area contributed by atoms with Gasteiger partial charge in [-0.25, -0.2) is 9.52 Å². The number of carbonyl (C=O) groups is 2. The molecule has 1 amide bonds. The van der Waals surface area contributed by atoms with Crippen molar-refractivity contribution in [3.05, 3.63) is 0 Å². The number of amides is 1. The lowest BCUT2D eigenvalue weighted by Gasteiger charge is -2.27. The van der Waals surface area contributed by atoms with E-state index in [0.717, 1.165) is 0 Å². The SMILES string of the molecule is CCOC(=O)NS(=O)(=O)N[C@H](C(=O)O)C(C)(C)C. The van der Waals surface area contributed by atoms with E-state index in [1.807, 2.05) is 4.72 Å². The van der Waals surface area contributed by atoms with Crippen LogP contribution in [0, 0.1) is 5.41 Å². The molecule has 0 heterocycles. The topological polar surface area (TPSA) is 122 Å². The summed E-state index contributed by atoms with van der Waals surface area (Å²) in [5, 5.41) is 8.94. The van der Waals surface area contributed by atoms with Gasteiger partial charge in [0.25, 0.3) is 0 Å². The molecule has 0 aromatic carbocycles. The summed E-state index contributed by atoms with van der Waals surface area (Å²) >= 11 is 0. The van der Waals surface area contributed by atoms with Gasteiger partial charge < -0.3 is 9.84 Å². The van der Waals surface area contributed by atoms with Crippen molar-refractivity contribution in [2.75, 3.05) is 6.61 Å². The molecule has 0 aliphatic heterocycles.